The highest BCUT2D eigenvalue weighted by molar-refractivity contribution is 8.35. The van der Waals surface area contributed by atoms with Crippen molar-refractivity contribution < 1.29 is 0 Å². The third-order valence-electron chi connectivity index (χ3n) is 5.21. The molecule has 0 nitrogen and oxygen atoms in total. The Balaban J connectivity index is 1.66. The molecule has 1 saturated heterocycles. The van der Waals surface area contributed by atoms with Gasteiger partial charge in [0.05, 0.1) is 12.2 Å². The maximum atomic E-state index is 2.44. The lowest BCUT2D eigenvalue weighted by molar-refractivity contribution is 0.732. The van der Waals surface area contributed by atoms with E-state index in [4.69, 9.17) is 0 Å². The van der Waals surface area contributed by atoms with Gasteiger partial charge in [-0.15, -0.1) is 35.3 Å². The normalized spacial score (nSPS) is 36.0. The summed E-state index contributed by atoms with van der Waals surface area (Å²) in [6.07, 6.45) is 18.0. The van der Waals surface area contributed by atoms with E-state index >= 15 is 0 Å². The van der Waals surface area contributed by atoms with Gasteiger partial charge in [-0.1, -0.05) is 38.5 Å². The number of thioether (sulfide) groups is 3. The van der Waals surface area contributed by atoms with Crippen molar-refractivity contribution in [1.29, 1.82) is 0 Å². The highest BCUT2D eigenvalue weighted by Gasteiger charge is 2.58. The van der Waals surface area contributed by atoms with Crippen LogP contribution >= 0.6 is 35.3 Å². The summed E-state index contributed by atoms with van der Waals surface area (Å²) < 4.78 is 1.92. The van der Waals surface area contributed by atoms with E-state index in [1.165, 1.54) is 77.0 Å². The second-order valence-electron chi connectivity index (χ2n) is 6.66. The predicted molar refractivity (Wildman–Crippen MR) is 86.4 cm³/mol. The Labute approximate surface area is 124 Å². The maximum Gasteiger partial charge on any atom is 0.0639 e. The minimum Gasteiger partial charge on any atom is -0.126 e. The molecule has 0 radical (unpaired) electrons. The van der Waals surface area contributed by atoms with E-state index in [0.717, 1.165) is 0 Å². The van der Waals surface area contributed by atoms with E-state index < -0.39 is 0 Å². The average Bonchev–Trinajstić information content (AvgIpc) is 3.03. The quantitative estimate of drug-likeness (QED) is 0.537. The Kier molecular flexibility index (Phi) is 3.21. The van der Waals surface area contributed by atoms with Gasteiger partial charge >= 0.3 is 0 Å². The van der Waals surface area contributed by atoms with Crippen LogP contribution in [0.25, 0.3) is 0 Å². The van der Waals surface area contributed by atoms with Crippen molar-refractivity contribution in [3.63, 3.8) is 0 Å². The SMILES string of the molecule is C1CCC2(C1)SC1(CCCC1)SC1(CCCC1)S2. The van der Waals surface area contributed by atoms with Gasteiger partial charge in [-0.05, 0) is 38.5 Å². The molecule has 0 atom stereocenters. The fraction of sp³-hybridized carbons (Fsp3) is 1.00. The first-order valence-electron chi connectivity index (χ1n) is 7.85. The Morgan fingerprint density at radius 3 is 0.833 bits per heavy atom. The molecule has 0 aromatic heterocycles. The summed E-state index contributed by atoms with van der Waals surface area (Å²) in [6.45, 7) is 0. The lowest BCUT2D eigenvalue weighted by Crippen LogP contribution is -2.40. The Bertz CT molecular complexity index is 256. The molecule has 0 N–H and O–H groups in total. The van der Waals surface area contributed by atoms with Gasteiger partial charge in [0.15, 0.2) is 0 Å². The minimum atomic E-state index is 0.639. The van der Waals surface area contributed by atoms with Crippen LogP contribution in [-0.2, 0) is 0 Å². The van der Waals surface area contributed by atoms with Gasteiger partial charge in [-0.2, -0.15) is 0 Å². The summed E-state index contributed by atoms with van der Waals surface area (Å²) >= 11 is 7.31. The van der Waals surface area contributed by atoms with Gasteiger partial charge in [0.1, 0.15) is 0 Å². The van der Waals surface area contributed by atoms with E-state index in [2.05, 4.69) is 35.3 Å². The predicted octanol–water partition coefficient (Wildman–Crippen LogP) is 6.01. The molecule has 0 amide bonds. The molecule has 3 spiro atoms. The zero-order valence-corrected chi connectivity index (χ0v) is 13.7. The summed E-state index contributed by atoms with van der Waals surface area (Å²) in [4.78, 5) is 0. The molecule has 4 fully saturated rings. The van der Waals surface area contributed by atoms with Gasteiger partial charge in [-0.25, -0.2) is 0 Å². The third-order valence-corrected chi connectivity index (χ3v) is 11.4. The van der Waals surface area contributed by atoms with Crippen LogP contribution < -0.4 is 0 Å². The van der Waals surface area contributed by atoms with E-state index in [1.54, 1.807) is 0 Å². The molecular formula is C15H24S3. The third kappa shape index (κ3) is 2.07. The van der Waals surface area contributed by atoms with E-state index in [9.17, 15) is 0 Å². The van der Waals surface area contributed by atoms with Crippen LogP contribution in [0.2, 0.25) is 0 Å². The molecule has 3 aliphatic carbocycles. The van der Waals surface area contributed by atoms with Crippen LogP contribution in [0.15, 0.2) is 0 Å². The van der Waals surface area contributed by atoms with Gasteiger partial charge < -0.3 is 0 Å². The Morgan fingerprint density at radius 1 is 0.389 bits per heavy atom. The van der Waals surface area contributed by atoms with Crippen molar-refractivity contribution in [3.05, 3.63) is 0 Å². The van der Waals surface area contributed by atoms with Gasteiger partial charge in [-0.3, -0.25) is 0 Å². The lowest BCUT2D eigenvalue weighted by atomic mass is 10.3. The standard InChI is InChI=1S/C15H24S3/c1-2-8-13(7-1)16-14(9-3-4-10-14)18-15(17-13)11-5-6-12-15/h1-12H2. The van der Waals surface area contributed by atoms with Crippen molar-refractivity contribution in [2.24, 2.45) is 0 Å². The minimum absolute atomic E-state index is 0.639. The van der Waals surface area contributed by atoms with Gasteiger partial charge in [0.2, 0.25) is 0 Å². The van der Waals surface area contributed by atoms with Crippen LogP contribution in [0.5, 0.6) is 0 Å². The number of hydrogen-bond donors (Lipinski definition) is 0. The fourth-order valence-electron chi connectivity index (χ4n) is 4.43. The number of rotatable bonds is 0. The highest BCUT2D eigenvalue weighted by Crippen LogP contribution is 2.74. The second kappa shape index (κ2) is 4.53. The molecule has 0 unspecified atom stereocenters. The molecule has 0 aromatic rings. The topological polar surface area (TPSA) is 0 Å². The summed E-state index contributed by atoms with van der Waals surface area (Å²) in [5.74, 6) is 0. The van der Waals surface area contributed by atoms with E-state index in [1.807, 2.05) is 0 Å². The van der Waals surface area contributed by atoms with Crippen LogP contribution in [0, 0.1) is 0 Å². The van der Waals surface area contributed by atoms with Gasteiger partial charge in [0.25, 0.3) is 0 Å². The van der Waals surface area contributed by atoms with Crippen LogP contribution in [0.3, 0.4) is 0 Å². The molecule has 1 heterocycles. The number of hydrogen-bond acceptors (Lipinski definition) is 3. The molecule has 0 bridgehead atoms. The van der Waals surface area contributed by atoms with Crippen molar-refractivity contribution in [2.45, 2.75) is 89.3 Å². The van der Waals surface area contributed by atoms with Crippen LogP contribution in [0.1, 0.15) is 77.0 Å². The van der Waals surface area contributed by atoms with Crippen molar-refractivity contribution >= 4 is 35.3 Å². The summed E-state index contributed by atoms with van der Waals surface area (Å²) in [6, 6.07) is 0. The van der Waals surface area contributed by atoms with E-state index in [0.29, 0.717) is 12.2 Å². The van der Waals surface area contributed by atoms with Crippen molar-refractivity contribution in [1.82, 2.24) is 0 Å². The first-order valence-corrected chi connectivity index (χ1v) is 10.3. The van der Waals surface area contributed by atoms with Crippen LogP contribution in [0.4, 0.5) is 0 Å². The monoisotopic (exact) mass is 300 g/mol. The zero-order chi connectivity index (χ0) is 12.1. The second-order valence-corrected chi connectivity index (χ2v) is 12.7. The molecule has 4 rings (SSSR count). The molecule has 3 saturated carbocycles. The first kappa shape index (κ1) is 12.8. The fourth-order valence-corrected chi connectivity index (χ4v) is 13.3. The molecule has 18 heavy (non-hydrogen) atoms. The zero-order valence-electron chi connectivity index (χ0n) is 11.2. The summed E-state index contributed by atoms with van der Waals surface area (Å²) in [7, 11) is 0. The lowest BCUT2D eigenvalue weighted by Gasteiger charge is -2.52. The summed E-state index contributed by atoms with van der Waals surface area (Å²) in [5, 5.41) is 0. The Morgan fingerprint density at radius 2 is 0.611 bits per heavy atom. The van der Waals surface area contributed by atoms with E-state index in [-0.39, 0.29) is 0 Å². The largest absolute Gasteiger partial charge is 0.126 e. The first-order chi connectivity index (χ1) is 8.74. The van der Waals surface area contributed by atoms with Crippen LogP contribution in [-0.4, -0.2) is 12.2 Å². The molecule has 3 heteroatoms. The molecular weight excluding hydrogens is 276 g/mol. The molecule has 102 valence electrons. The van der Waals surface area contributed by atoms with Gasteiger partial charge in [0, 0.05) is 0 Å². The average molecular weight is 301 g/mol. The van der Waals surface area contributed by atoms with Crippen molar-refractivity contribution in [2.75, 3.05) is 0 Å². The van der Waals surface area contributed by atoms with Crippen molar-refractivity contribution in [3.8, 4) is 0 Å². The Hall–Kier alpha value is 1.05. The highest BCUT2D eigenvalue weighted by atomic mass is 32.3. The maximum absolute atomic E-state index is 2.44. The smallest absolute Gasteiger partial charge is 0.0639 e. The molecule has 1 aliphatic heterocycles. The summed E-state index contributed by atoms with van der Waals surface area (Å²) in [5.41, 5.74) is 0. The molecule has 4 aliphatic rings. The molecule has 0 aromatic carbocycles.